The summed E-state index contributed by atoms with van der Waals surface area (Å²) in [4.78, 5) is 0. The quantitative estimate of drug-likeness (QED) is 0.327. The average molecular weight is 140 g/mol. The Balaban J connectivity index is -0.0000000720. The van der Waals surface area contributed by atoms with Crippen LogP contribution in [0.5, 0.6) is 0 Å². The first-order valence-corrected chi connectivity index (χ1v) is 2.45. The highest BCUT2D eigenvalue weighted by atomic mass is 16.3. The third kappa shape index (κ3) is 81.0. The van der Waals surface area contributed by atoms with Gasteiger partial charge in [-0.3, -0.25) is 0 Å². The van der Waals surface area contributed by atoms with Crippen LogP contribution in [0.1, 0.15) is 0 Å². The summed E-state index contributed by atoms with van der Waals surface area (Å²) in [6.45, 7) is 0.944. The van der Waals surface area contributed by atoms with Crippen LogP contribution in [0.3, 0.4) is 0 Å². The van der Waals surface area contributed by atoms with Crippen molar-refractivity contribution >= 4 is 0 Å². The van der Waals surface area contributed by atoms with Crippen LogP contribution in [-0.4, -0.2) is 42.0 Å². The molecule has 0 aromatic rings. The molecule has 0 spiro atoms. The van der Waals surface area contributed by atoms with Crippen molar-refractivity contribution in [2.45, 2.75) is 0 Å². The zero-order valence-corrected chi connectivity index (χ0v) is 5.38. The van der Waals surface area contributed by atoms with Crippen LogP contribution < -0.4 is 11.5 Å². The molecule has 0 heterocycles. The minimum atomic E-state index is 0. The summed E-state index contributed by atoms with van der Waals surface area (Å²) < 4.78 is 0. The molecule has 5 nitrogen and oxygen atoms in total. The minimum Gasteiger partial charge on any atom is -0.412 e. The zero-order valence-electron chi connectivity index (χ0n) is 5.38. The fourth-order valence-corrected chi connectivity index (χ4v) is 0. The van der Waals surface area contributed by atoms with Crippen LogP contribution >= 0.6 is 0 Å². The van der Waals surface area contributed by atoms with Gasteiger partial charge < -0.3 is 27.2 Å². The van der Waals surface area contributed by atoms with E-state index >= 15 is 0 Å². The number of nitrogens with two attached hydrogens (primary N) is 2. The van der Waals surface area contributed by atoms with E-state index in [9.17, 15) is 0 Å². The van der Waals surface area contributed by atoms with E-state index in [-0.39, 0.29) is 18.7 Å². The molecule has 0 fully saturated rings. The molecule has 8 N–H and O–H groups in total. The lowest BCUT2D eigenvalue weighted by Crippen LogP contribution is -2.02. The summed E-state index contributed by atoms with van der Waals surface area (Å²) in [6, 6.07) is 0. The molecule has 0 atom stereocenters. The maximum absolute atomic E-state index is 7.75. The maximum Gasteiger partial charge on any atom is 0.0553 e. The SMILES string of the molecule is NCCO.NCCO.O. The van der Waals surface area contributed by atoms with Crippen LogP contribution in [0.25, 0.3) is 0 Å². The summed E-state index contributed by atoms with van der Waals surface area (Å²) in [5.41, 5.74) is 9.56. The molecule has 0 aromatic carbocycles. The zero-order chi connectivity index (χ0) is 6.83. The van der Waals surface area contributed by atoms with Gasteiger partial charge in [0.05, 0.1) is 13.2 Å². The first-order valence-electron chi connectivity index (χ1n) is 2.45. The first-order chi connectivity index (χ1) is 3.83. The lowest BCUT2D eigenvalue weighted by Gasteiger charge is -1.71. The molecule has 9 heavy (non-hydrogen) atoms. The topological polar surface area (TPSA) is 124 Å². The Morgan fingerprint density at radius 3 is 1.00 bits per heavy atom. The van der Waals surface area contributed by atoms with E-state index < -0.39 is 0 Å². The van der Waals surface area contributed by atoms with E-state index in [0.29, 0.717) is 13.1 Å². The smallest absolute Gasteiger partial charge is 0.0553 e. The molecule has 0 amide bonds. The average Bonchev–Trinajstić information content (AvgIpc) is 1.88. The molecular weight excluding hydrogens is 124 g/mol. The molecule has 60 valence electrons. The van der Waals surface area contributed by atoms with Crippen molar-refractivity contribution in [1.82, 2.24) is 0 Å². The van der Waals surface area contributed by atoms with Crippen LogP contribution in [0.2, 0.25) is 0 Å². The number of aliphatic hydroxyl groups is 2. The number of rotatable bonds is 2. The van der Waals surface area contributed by atoms with E-state index in [0.717, 1.165) is 0 Å². The second kappa shape index (κ2) is 25.0. The van der Waals surface area contributed by atoms with Crippen molar-refractivity contribution in [2.24, 2.45) is 11.5 Å². The molecule has 0 aliphatic rings. The van der Waals surface area contributed by atoms with Gasteiger partial charge in [-0.15, -0.1) is 0 Å². The van der Waals surface area contributed by atoms with Gasteiger partial charge >= 0.3 is 0 Å². The molecular formula is C4H16N2O3. The van der Waals surface area contributed by atoms with Gasteiger partial charge in [0.2, 0.25) is 0 Å². The second-order valence-corrected chi connectivity index (χ2v) is 1.02. The van der Waals surface area contributed by atoms with E-state index in [1.807, 2.05) is 0 Å². The monoisotopic (exact) mass is 140 g/mol. The molecule has 0 saturated heterocycles. The van der Waals surface area contributed by atoms with E-state index in [4.69, 9.17) is 21.7 Å². The lowest BCUT2D eigenvalue weighted by atomic mass is 10.8. The van der Waals surface area contributed by atoms with Gasteiger partial charge in [-0.1, -0.05) is 0 Å². The predicted octanol–water partition coefficient (Wildman–Crippen LogP) is -2.95. The van der Waals surface area contributed by atoms with E-state index in [1.54, 1.807) is 0 Å². The van der Waals surface area contributed by atoms with Crippen molar-refractivity contribution in [3.8, 4) is 0 Å². The first kappa shape index (κ1) is 15.9. The molecule has 5 heteroatoms. The highest BCUT2D eigenvalue weighted by molar-refractivity contribution is 4.17. The number of hydrogen-bond acceptors (Lipinski definition) is 4. The van der Waals surface area contributed by atoms with Gasteiger partial charge in [0.1, 0.15) is 0 Å². The van der Waals surface area contributed by atoms with Crippen molar-refractivity contribution < 1.29 is 15.7 Å². The van der Waals surface area contributed by atoms with Crippen LogP contribution in [0.4, 0.5) is 0 Å². The third-order valence-electron chi connectivity index (χ3n) is 0.258. The van der Waals surface area contributed by atoms with E-state index in [1.165, 1.54) is 0 Å². The largest absolute Gasteiger partial charge is 0.412 e. The van der Waals surface area contributed by atoms with E-state index in [2.05, 4.69) is 0 Å². The van der Waals surface area contributed by atoms with Crippen LogP contribution in [-0.2, 0) is 0 Å². The minimum absolute atomic E-state index is 0. The standard InChI is InChI=1S/2C2H7NO.H2O/c2*3-1-2-4;/h2*4H,1-3H2;1H2. The highest BCUT2D eigenvalue weighted by Gasteiger charge is 1.56. The molecule has 0 aliphatic heterocycles. The summed E-state index contributed by atoms with van der Waals surface area (Å²) in [5, 5.41) is 15.5. The maximum atomic E-state index is 7.75. The molecule has 0 radical (unpaired) electrons. The van der Waals surface area contributed by atoms with Crippen molar-refractivity contribution in [3.63, 3.8) is 0 Å². The Morgan fingerprint density at radius 2 is 1.00 bits per heavy atom. The highest BCUT2D eigenvalue weighted by Crippen LogP contribution is 1.33. The van der Waals surface area contributed by atoms with Crippen molar-refractivity contribution in [3.05, 3.63) is 0 Å². The Hall–Kier alpha value is -0.200. The summed E-state index contributed by atoms with van der Waals surface area (Å²) in [5.74, 6) is 0. The van der Waals surface area contributed by atoms with Crippen LogP contribution in [0, 0.1) is 0 Å². The van der Waals surface area contributed by atoms with Gasteiger partial charge in [0.25, 0.3) is 0 Å². The lowest BCUT2D eigenvalue weighted by molar-refractivity contribution is 0.306. The molecule has 0 aromatic heterocycles. The Bertz CT molecular complexity index is 21.8. The van der Waals surface area contributed by atoms with Gasteiger partial charge in [-0.2, -0.15) is 0 Å². The fraction of sp³-hybridized carbons (Fsp3) is 1.00. The van der Waals surface area contributed by atoms with Gasteiger partial charge in [0.15, 0.2) is 0 Å². The predicted molar refractivity (Wildman–Crippen MR) is 35.9 cm³/mol. The van der Waals surface area contributed by atoms with Gasteiger partial charge in [-0.05, 0) is 0 Å². The van der Waals surface area contributed by atoms with Crippen LogP contribution in [0.15, 0.2) is 0 Å². The molecule has 0 aliphatic carbocycles. The van der Waals surface area contributed by atoms with Gasteiger partial charge in [-0.25, -0.2) is 0 Å². The Labute approximate surface area is 54.6 Å². The summed E-state index contributed by atoms with van der Waals surface area (Å²) >= 11 is 0. The number of hydrogen-bond donors (Lipinski definition) is 4. The van der Waals surface area contributed by atoms with Crippen molar-refractivity contribution in [2.75, 3.05) is 26.3 Å². The fourth-order valence-electron chi connectivity index (χ4n) is 0. The molecule has 0 saturated carbocycles. The number of aliphatic hydroxyl groups excluding tert-OH is 2. The summed E-state index contributed by atoms with van der Waals surface area (Å²) in [6.07, 6.45) is 0. The Morgan fingerprint density at radius 1 is 0.889 bits per heavy atom. The molecule has 0 unspecified atom stereocenters. The molecule has 0 rings (SSSR count). The Kier molecular flexibility index (Phi) is 44.2. The normalized spacial score (nSPS) is 6.67. The molecule has 0 bridgehead atoms. The third-order valence-corrected chi connectivity index (χ3v) is 0.258. The second-order valence-electron chi connectivity index (χ2n) is 1.02. The summed E-state index contributed by atoms with van der Waals surface area (Å²) in [7, 11) is 0. The van der Waals surface area contributed by atoms with Gasteiger partial charge in [0, 0.05) is 13.1 Å². The van der Waals surface area contributed by atoms with Crippen molar-refractivity contribution in [1.29, 1.82) is 0 Å².